The van der Waals surface area contributed by atoms with Crippen LogP contribution in [0.15, 0.2) is 21.3 Å². The Morgan fingerprint density at radius 1 is 1.38 bits per heavy atom. The Morgan fingerprint density at radius 3 is 2.73 bits per heavy atom. The molecule has 0 aliphatic heterocycles. The van der Waals surface area contributed by atoms with E-state index in [9.17, 15) is 9.59 Å². The van der Waals surface area contributed by atoms with Crippen molar-refractivity contribution in [2.75, 3.05) is 11.9 Å². The van der Waals surface area contributed by atoms with E-state index in [-0.39, 0.29) is 5.56 Å². The number of benzene rings is 1. The number of anilines is 1. The molecule has 26 heavy (non-hydrogen) atoms. The van der Waals surface area contributed by atoms with Gasteiger partial charge in [-0.3, -0.25) is 4.79 Å². The summed E-state index contributed by atoms with van der Waals surface area (Å²) in [4.78, 5) is 28.4. The lowest BCUT2D eigenvalue weighted by molar-refractivity contribution is 0.0996. The van der Waals surface area contributed by atoms with Gasteiger partial charge in [-0.15, -0.1) is 0 Å². The van der Waals surface area contributed by atoms with Gasteiger partial charge in [0.2, 0.25) is 5.95 Å². The molecular formula is C19H24N4O3. The van der Waals surface area contributed by atoms with Crippen molar-refractivity contribution >= 4 is 33.9 Å². The molecule has 138 valence electrons. The molecule has 0 radical (unpaired) electrons. The highest BCUT2D eigenvalue weighted by Gasteiger charge is 2.19. The minimum Gasteiger partial charge on any atom is -0.422 e. The molecule has 2 heterocycles. The van der Waals surface area contributed by atoms with Gasteiger partial charge in [0.05, 0.1) is 11.0 Å². The lowest BCUT2D eigenvalue weighted by atomic mass is 10.0. The van der Waals surface area contributed by atoms with Crippen molar-refractivity contribution in [3.8, 4) is 0 Å². The number of nitrogens with zero attached hydrogens (tertiary/aromatic N) is 2. The Hall–Kier alpha value is -2.83. The van der Waals surface area contributed by atoms with E-state index in [1.54, 1.807) is 6.92 Å². The van der Waals surface area contributed by atoms with Gasteiger partial charge in [0.25, 0.3) is 5.91 Å². The van der Waals surface area contributed by atoms with Gasteiger partial charge in [-0.05, 0) is 30.9 Å². The number of primary amides is 1. The molecule has 0 spiro atoms. The summed E-state index contributed by atoms with van der Waals surface area (Å²) in [5.74, 6) is 0.436. The highest BCUT2D eigenvalue weighted by Crippen LogP contribution is 2.28. The predicted molar refractivity (Wildman–Crippen MR) is 103 cm³/mol. The Morgan fingerprint density at radius 2 is 2.12 bits per heavy atom. The molecule has 3 aromatic rings. The minimum absolute atomic E-state index is 0.109. The summed E-state index contributed by atoms with van der Waals surface area (Å²) >= 11 is 0. The Balaban J connectivity index is 2.30. The maximum absolute atomic E-state index is 12.1. The molecule has 1 aromatic carbocycles. The molecule has 2 aromatic heterocycles. The number of carbonyl (C=O) groups is 1. The zero-order valence-electron chi connectivity index (χ0n) is 15.5. The van der Waals surface area contributed by atoms with Crippen LogP contribution in [0.1, 0.15) is 43.1 Å². The van der Waals surface area contributed by atoms with Gasteiger partial charge in [-0.25, -0.2) is 9.78 Å². The third kappa shape index (κ3) is 3.05. The van der Waals surface area contributed by atoms with Crippen LogP contribution in [-0.2, 0) is 6.54 Å². The summed E-state index contributed by atoms with van der Waals surface area (Å²) in [6.07, 6.45) is 0.989. The van der Waals surface area contributed by atoms with Gasteiger partial charge in [0.15, 0.2) is 0 Å². The molecule has 0 aliphatic rings. The van der Waals surface area contributed by atoms with Crippen LogP contribution in [0.3, 0.4) is 0 Å². The quantitative estimate of drug-likeness (QED) is 0.661. The second kappa shape index (κ2) is 6.82. The first-order valence-corrected chi connectivity index (χ1v) is 8.84. The molecule has 3 N–H and O–H groups in total. The first-order chi connectivity index (χ1) is 12.3. The molecule has 1 amide bonds. The number of nitrogens with two attached hydrogens (primary N) is 1. The van der Waals surface area contributed by atoms with E-state index in [2.05, 4.69) is 30.7 Å². The van der Waals surface area contributed by atoms with Crippen molar-refractivity contribution in [3.05, 3.63) is 33.7 Å². The molecule has 0 fully saturated rings. The van der Waals surface area contributed by atoms with E-state index in [0.717, 1.165) is 36.5 Å². The Kier molecular flexibility index (Phi) is 4.71. The number of nitrogens with one attached hydrogen (secondary N) is 1. The molecule has 0 atom stereocenters. The summed E-state index contributed by atoms with van der Waals surface area (Å²) in [5.41, 5.74) is 7.13. The molecule has 0 saturated carbocycles. The van der Waals surface area contributed by atoms with Crippen LogP contribution >= 0.6 is 0 Å². The number of aromatic nitrogens is 2. The first kappa shape index (κ1) is 18.0. The van der Waals surface area contributed by atoms with E-state index in [0.29, 0.717) is 22.5 Å². The standard InChI is InChI=1S/C19H24N4O3/c1-5-6-21-19-22-13-7-12-11(4)16(17(20)24)18(25)26-15(12)8-14(13)23(19)9-10(2)3/h7-8,10H,5-6,9H2,1-4H3,(H2,20,24)(H,21,22). The largest absolute Gasteiger partial charge is 0.422 e. The molecule has 0 unspecified atom stereocenters. The maximum Gasteiger partial charge on any atom is 0.349 e. The highest BCUT2D eigenvalue weighted by atomic mass is 16.4. The van der Waals surface area contributed by atoms with Crippen molar-refractivity contribution in [2.45, 2.75) is 40.7 Å². The monoisotopic (exact) mass is 356 g/mol. The molecule has 7 heteroatoms. The zero-order chi connectivity index (χ0) is 19.0. The van der Waals surface area contributed by atoms with Crippen LogP contribution < -0.4 is 16.7 Å². The first-order valence-electron chi connectivity index (χ1n) is 8.84. The van der Waals surface area contributed by atoms with Gasteiger partial charge in [-0.2, -0.15) is 0 Å². The van der Waals surface area contributed by atoms with Crippen LogP contribution in [0.25, 0.3) is 22.0 Å². The minimum atomic E-state index is -0.783. The van der Waals surface area contributed by atoms with Crippen LogP contribution in [-0.4, -0.2) is 22.0 Å². The summed E-state index contributed by atoms with van der Waals surface area (Å²) in [6, 6.07) is 3.67. The van der Waals surface area contributed by atoms with Crippen molar-refractivity contribution in [1.29, 1.82) is 0 Å². The normalized spacial score (nSPS) is 11.6. The average Bonchev–Trinajstić information content (AvgIpc) is 2.87. The molecule has 0 bridgehead atoms. The summed E-state index contributed by atoms with van der Waals surface area (Å²) < 4.78 is 7.48. The SMILES string of the molecule is CCCNc1nc2cc3c(C)c(C(N)=O)c(=O)oc3cc2n1CC(C)C. The van der Waals surface area contributed by atoms with Crippen LogP contribution in [0.4, 0.5) is 5.95 Å². The van der Waals surface area contributed by atoms with Gasteiger partial charge < -0.3 is 20.0 Å². The third-order valence-corrected chi connectivity index (χ3v) is 4.36. The fourth-order valence-corrected chi connectivity index (χ4v) is 3.18. The molecule has 3 rings (SSSR count). The zero-order valence-corrected chi connectivity index (χ0v) is 15.5. The van der Waals surface area contributed by atoms with E-state index in [1.165, 1.54) is 0 Å². The van der Waals surface area contributed by atoms with Crippen LogP contribution in [0.2, 0.25) is 0 Å². The summed E-state index contributed by atoms with van der Waals surface area (Å²) in [5, 5.41) is 4.02. The van der Waals surface area contributed by atoms with Crippen molar-refractivity contribution in [3.63, 3.8) is 0 Å². The van der Waals surface area contributed by atoms with Gasteiger partial charge in [-0.1, -0.05) is 20.8 Å². The van der Waals surface area contributed by atoms with Crippen LogP contribution in [0.5, 0.6) is 0 Å². The number of fused-ring (bicyclic) bond motifs is 2. The third-order valence-electron chi connectivity index (χ3n) is 4.36. The number of rotatable bonds is 6. The molecule has 0 saturated heterocycles. The second-order valence-corrected chi connectivity index (χ2v) is 6.96. The Bertz CT molecular complexity index is 1050. The average molecular weight is 356 g/mol. The second-order valence-electron chi connectivity index (χ2n) is 6.96. The summed E-state index contributed by atoms with van der Waals surface area (Å²) in [7, 11) is 0. The fraction of sp³-hybridized carbons (Fsp3) is 0.421. The maximum atomic E-state index is 12.1. The van der Waals surface area contributed by atoms with Crippen molar-refractivity contribution in [2.24, 2.45) is 11.7 Å². The van der Waals surface area contributed by atoms with Gasteiger partial charge in [0.1, 0.15) is 11.1 Å². The summed E-state index contributed by atoms with van der Waals surface area (Å²) in [6.45, 7) is 9.68. The molecular weight excluding hydrogens is 332 g/mol. The Labute approximate surface area is 151 Å². The molecule has 0 aliphatic carbocycles. The number of imidazole rings is 1. The van der Waals surface area contributed by atoms with Crippen LogP contribution in [0, 0.1) is 12.8 Å². The predicted octanol–water partition coefficient (Wildman–Crippen LogP) is 3.03. The van der Waals surface area contributed by atoms with E-state index < -0.39 is 11.5 Å². The number of amides is 1. The lowest BCUT2D eigenvalue weighted by Crippen LogP contribution is -2.22. The topological polar surface area (TPSA) is 103 Å². The van der Waals surface area contributed by atoms with Gasteiger partial charge in [0, 0.05) is 24.5 Å². The van der Waals surface area contributed by atoms with E-state index >= 15 is 0 Å². The fourth-order valence-electron chi connectivity index (χ4n) is 3.18. The van der Waals surface area contributed by atoms with Crippen molar-refractivity contribution in [1.82, 2.24) is 9.55 Å². The smallest absolute Gasteiger partial charge is 0.349 e. The number of aryl methyl sites for hydroxylation is 1. The number of carbonyl (C=O) groups excluding carboxylic acids is 1. The molecule has 7 nitrogen and oxygen atoms in total. The van der Waals surface area contributed by atoms with Crippen molar-refractivity contribution < 1.29 is 9.21 Å². The number of hydrogen-bond acceptors (Lipinski definition) is 5. The van der Waals surface area contributed by atoms with Gasteiger partial charge >= 0.3 is 5.63 Å². The van der Waals surface area contributed by atoms with E-state index in [4.69, 9.17) is 15.1 Å². The highest BCUT2D eigenvalue weighted by molar-refractivity contribution is 6.01. The lowest BCUT2D eigenvalue weighted by Gasteiger charge is -2.12. The van der Waals surface area contributed by atoms with E-state index in [1.807, 2.05) is 12.1 Å². The number of hydrogen-bond donors (Lipinski definition) is 2.